The molecule has 0 aromatic heterocycles. The highest BCUT2D eigenvalue weighted by molar-refractivity contribution is 5.80. The van der Waals surface area contributed by atoms with Crippen LogP contribution >= 0.6 is 0 Å². The fourth-order valence-corrected chi connectivity index (χ4v) is 3.87. The third-order valence-corrected chi connectivity index (χ3v) is 4.81. The Bertz CT molecular complexity index is 284. The van der Waals surface area contributed by atoms with Gasteiger partial charge in [0.15, 0.2) is 0 Å². The zero-order chi connectivity index (χ0) is 13.1. The molecule has 2 aliphatic carbocycles. The third kappa shape index (κ3) is 2.71. The molecule has 18 heavy (non-hydrogen) atoms. The number of nitrogens with zero attached hydrogens (tertiary/aromatic N) is 1. The number of amides is 1. The van der Waals surface area contributed by atoms with Crippen molar-refractivity contribution in [2.75, 3.05) is 6.54 Å². The van der Waals surface area contributed by atoms with E-state index in [0.29, 0.717) is 30.5 Å². The lowest BCUT2D eigenvalue weighted by Gasteiger charge is -2.36. The molecule has 3 heteroatoms. The quantitative estimate of drug-likeness (QED) is 0.835. The van der Waals surface area contributed by atoms with Crippen molar-refractivity contribution in [3.8, 4) is 0 Å². The van der Waals surface area contributed by atoms with Crippen LogP contribution in [0.15, 0.2) is 0 Å². The first-order chi connectivity index (χ1) is 8.65. The molecule has 0 aromatic carbocycles. The summed E-state index contributed by atoms with van der Waals surface area (Å²) in [4.78, 5) is 15.0. The number of rotatable bonds is 4. The molecule has 0 aromatic rings. The van der Waals surface area contributed by atoms with Gasteiger partial charge >= 0.3 is 0 Å². The molecule has 2 aliphatic rings. The highest BCUT2D eigenvalue weighted by Crippen LogP contribution is 2.35. The summed E-state index contributed by atoms with van der Waals surface area (Å²) in [6.45, 7) is 4.98. The van der Waals surface area contributed by atoms with E-state index >= 15 is 0 Å². The Labute approximate surface area is 111 Å². The summed E-state index contributed by atoms with van der Waals surface area (Å²) in [6.07, 6.45) is 8.33. The van der Waals surface area contributed by atoms with Crippen LogP contribution in [0.1, 0.15) is 58.8 Å². The molecule has 2 fully saturated rings. The Morgan fingerprint density at radius 3 is 2.39 bits per heavy atom. The summed E-state index contributed by atoms with van der Waals surface area (Å²) >= 11 is 0. The van der Waals surface area contributed by atoms with Crippen molar-refractivity contribution < 1.29 is 4.79 Å². The first kappa shape index (κ1) is 13.9. The van der Waals surface area contributed by atoms with Crippen molar-refractivity contribution in [1.82, 2.24) is 4.90 Å². The minimum Gasteiger partial charge on any atom is -0.337 e. The summed E-state index contributed by atoms with van der Waals surface area (Å²) in [6, 6.07) is 0.830. The van der Waals surface area contributed by atoms with Crippen molar-refractivity contribution in [1.29, 1.82) is 0 Å². The van der Waals surface area contributed by atoms with Gasteiger partial charge in [-0.25, -0.2) is 0 Å². The van der Waals surface area contributed by atoms with Crippen LogP contribution in [0.25, 0.3) is 0 Å². The van der Waals surface area contributed by atoms with E-state index in [4.69, 9.17) is 5.73 Å². The maximum atomic E-state index is 12.8. The van der Waals surface area contributed by atoms with E-state index in [0.717, 1.165) is 12.8 Å². The predicted octanol–water partition coefficient (Wildman–Crippen LogP) is 2.54. The lowest BCUT2D eigenvalue weighted by molar-refractivity contribution is -0.141. The molecule has 1 amide bonds. The molecule has 2 rings (SSSR count). The van der Waals surface area contributed by atoms with E-state index in [2.05, 4.69) is 18.7 Å². The summed E-state index contributed by atoms with van der Waals surface area (Å²) in [5.74, 6) is 1.03. The molecule has 2 atom stereocenters. The molecule has 2 N–H and O–H groups in total. The van der Waals surface area contributed by atoms with Gasteiger partial charge in [0.25, 0.3) is 0 Å². The van der Waals surface area contributed by atoms with E-state index < -0.39 is 0 Å². The van der Waals surface area contributed by atoms with Crippen LogP contribution in [0, 0.1) is 11.8 Å². The van der Waals surface area contributed by atoms with E-state index in [1.807, 2.05) is 0 Å². The van der Waals surface area contributed by atoms with Gasteiger partial charge in [-0.05, 0) is 52.0 Å². The average Bonchev–Trinajstić information content (AvgIpc) is 2.98. The van der Waals surface area contributed by atoms with Crippen molar-refractivity contribution in [3.63, 3.8) is 0 Å². The van der Waals surface area contributed by atoms with Gasteiger partial charge in [-0.1, -0.05) is 19.3 Å². The fourth-order valence-electron chi connectivity index (χ4n) is 3.87. The zero-order valence-corrected chi connectivity index (χ0v) is 11.9. The van der Waals surface area contributed by atoms with Gasteiger partial charge in [0.1, 0.15) is 0 Å². The Balaban J connectivity index is 2.07. The highest BCUT2D eigenvalue weighted by atomic mass is 16.2. The van der Waals surface area contributed by atoms with Crippen LogP contribution in [0.5, 0.6) is 0 Å². The number of nitrogens with two attached hydrogens (primary N) is 1. The number of hydrogen-bond donors (Lipinski definition) is 1. The first-order valence-corrected chi connectivity index (χ1v) is 7.67. The minimum atomic E-state index is 0.206. The van der Waals surface area contributed by atoms with Crippen LogP contribution in [-0.2, 0) is 4.79 Å². The molecule has 2 saturated carbocycles. The topological polar surface area (TPSA) is 46.3 Å². The van der Waals surface area contributed by atoms with Crippen molar-refractivity contribution in [2.24, 2.45) is 17.6 Å². The molecule has 0 unspecified atom stereocenters. The summed E-state index contributed by atoms with van der Waals surface area (Å²) < 4.78 is 0. The lowest BCUT2D eigenvalue weighted by Crippen LogP contribution is -2.47. The van der Waals surface area contributed by atoms with Gasteiger partial charge in [0.05, 0.1) is 0 Å². The van der Waals surface area contributed by atoms with Crippen LogP contribution in [0.3, 0.4) is 0 Å². The highest BCUT2D eigenvalue weighted by Gasteiger charge is 2.38. The van der Waals surface area contributed by atoms with Crippen molar-refractivity contribution >= 4 is 5.91 Å². The smallest absolute Gasteiger partial charge is 0.226 e. The number of carbonyl (C=O) groups is 1. The first-order valence-electron chi connectivity index (χ1n) is 7.67. The maximum absolute atomic E-state index is 12.8. The summed E-state index contributed by atoms with van der Waals surface area (Å²) in [5.41, 5.74) is 5.82. The van der Waals surface area contributed by atoms with Gasteiger partial charge in [-0.3, -0.25) is 4.79 Å². The van der Waals surface area contributed by atoms with Gasteiger partial charge in [0.2, 0.25) is 5.91 Å². The van der Waals surface area contributed by atoms with E-state index in [9.17, 15) is 4.79 Å². The predicted molar refractivity (Wildman–Crippen MR) is 74.1 cm³/mol. The largest absolute Gasteiger partial charge is 0.337 e. The molecule has 0 heterocycles. The van der Waals surface area contributed by atoms with Crippen LogP contribution in [0.2, 0.25) is 0 Å². The van der Waals surface area contributed by atoms with Crippen LogP contribution in [0.4, 0.5) is 0 Å². The molecular weight excluding hydrogens is 224 g/mol. The molecule has 0 bridgehead atoms. The molecule has 3 nitrogen and oxygen atoms in total. The molecule has 0 saturated heterocycles. The minimum absolute atomic E-state index is 0.206. The number of carbonyl (C=O) groups excluding carboxylic acids is 1. The zero-order valence-electron chi connectivity index (χ0n) is 11.9. The Morgan fingerprint density at radius 1 is 1.17 bits per heavy atom. The molecule has 0 aliphatic heterocycles. The second-order valence-electron chi connectivity index (χ2n) is 6.31. The standard InChI is InChI=1S/C15H28N2O/c1-11(2)17(13-7-3-4-8-13)15(18)14-9-5-6-12(14)10-16/h11-14H,3-10,16H2,1-2H3/t12-,14-/m1/s1. The third-order valence-electron chi connectivity index (χ3n) is 4.81. The molecular formula is C15H28N2O. The monoisotopic (exact) mass is 252 g/mol. The van der Waals surface area contributed by atoms with Gasteiger partial charge in [-0.2, -0.15) is 0 Å². The van der Waals surface area contributed by atoms with Crippen molar-refractivity contribution in [2.45, 2.75) is 70.9 Å². The van der Waals surface area contributed by atoms with E-state index in [-0.39, 0.29) is 5.92 Å². The Morgan fingerprint density at radius 2 is 1.83 bits per heavy atom. The van der Waals surface area contributed by atoms with Crippen molar-refractivity contribution in [3.05, 3.63) is 0 Å². The normalized spacial score (nSPS) is 29.1. The fraction of sp³-hybridized carbons (Fsp3) is 0.933. The summed E-state index contributed by atoms with van der Waals surface area (Å²) in [5, 5.41) is 0. The van der Waals surface area contributed by atoms with Gasteiger partial charge < -0.3 is 10.6 Å². The molecule has 104 valence electrons. The molecule has 0 spiro atoms. The Hall–Kier alpha value is -0.570. The second-order valence-corrected chi connectivity index (χ2v) is 6.31. The summed E-state index contributed by atoms with van der Waals surface area (Å²) in [7, 11) is 0. The Kier molecular flexibility index (Phi) is 4.66. The molecule has 0 radical (unpaired) electrons. The van der Waals surface area contributed by atoms with Gasteiger partial charge in [0, 0.05) is 18.0 Å². The van der Waals surface area contributed by atoms with E-state index in [1.54, 1.807) is 0 Å². The SMILES string of the molecule is CC(C)N(C(=O)[C@@H]1CCC[C@@H]1CN)C1CCCC1. The van der Waals surface area contributed by atoms with Crippen LogP contribution < -0.4 is 5.73 Å². The maximum Gasteiger partial charge on any atom is 0.226 e. The lowest BCUT2D eigenvalue weighted by atomic mass is 9.93. The van der Waals surface area contributed by atoms with Crippen LogP contribution in [-0.4, -0.2) is 29.4 Å². The second kappa shape index (κ2) is 6.05. The number of hydrogen-bond acceptors (Lipinski definition) is 2. The van der Waals surface area contributed by atoms with E-state index in [1.165, 1.54) is 32.1 Å². The average molecular weight is 252 g/mol. The van der Waals surface area contributed by atoms with Gasteiger partial charge in [-0.15, -0.1) is 0 Å².